The number of hydrogen-bond donors (Lipinski definition) is 0. The van der Waals surface area contributed by atoms with E-state index in [4.69, 9.17) is 13.6 Å². The quantitative estimate of drug-likeness (QED) is 0.156. The number of fused-ring (bicyclic) bond motifs is 13. The molecule has 362 valence electrons. The molecule has 2 aliphatic rings. The molecule has 5 heterocycles. The number of hydrogen-bond acceptors (Lipinski definition) is 4. The van der Waals surface area contributed by atoms with Gasteiger partial charge >= 0.3 is 0 Å². The summed E-state index contributed by atoms with van der Waals surface area (Å²) in [6.07, 6.45) is 0. The number of rotatable bonds is 6. The monoisotopic (exact) mass is 994 g/mol. The Hall–Kier alpha value is -10.3. The number of ether oxygens (including phenoxy) is 1. The summed E-state index contributed by atoms with van der Waals surface area (Å²) in [6, 6.07) is 94.2. The van der Waals surface area contributed by atoms with Crippen LogP contribution in [-0.4, -0.2) is 11.3 Å². The predicted octanol–water partition coefficient (Wildman–Crippen LogP) is 17.7. The third kappa shape index (κ3) is 6.26. The lowest BCUT2D eigenvalue weighted by Crippen LogP contribution is -2.59. The standard InChI is InChI=1S/C72H43BN2O3/c1-3-18-44(19-4-1)51-28-15-29-52(45-20-5-2-6-21-45)72(51)75-61-38-36-46(49-26-16-34-66-69(49)55-24-9-13-32-63(55)76-66)40-57(61)73-58-41-47(50-27-17-35-67-70(50)56-25-10-14-33-64(56)77-67)37-39-65(58)78-68-43-48(42-62(75)71(68)73)74-59-30-11-7-22-53(59)54-23-8-12-31-60(54)74/h1-43H. The SMILES string of the molecule is c1ccc(-c2cccc(-c3ccccc3)c2N2c3ccc(-c4cccc5oc6ccccc6c45)cc3B3c4cc(-c5cccc6oc7ccccc7c56)ccc4Oc4cc(-n5c6ccccc6c6ccccc65)cc2c43)cc1. The minimum absolute atomic E-state index is 0.248. The van der Waals surface area contributed by atoms with Gasteiger partial charge in [-0.1, -0.05) is 200 Å². The van der Waals surface area contributed by atoms with Crippen LogP contribution in [0.2, 0.25) is 0 Å². The van der Waals surface area contributed by atoms with Crippen LogP contribution in [0.25, 0.3) is 116 Å². The van der Waals surface area contributed by atoms with Gasteiger partial charge in [-0.15, -0.1) is 0 Å². The van der Waals surface area contributed by atoms with Crippen molar-refractivity contribution in [2.75, 3.05) is 4.90 Å². The van der Waals surface area contributed by atoms with Crippen LogP contribution in [0.5, 0.6) is 11.5 Å². The lowest BCUT2D eigenvalue weighted by Gasteiger charge is -2.42. The minimum Gasteiger partial charge on any atom is -0.458 e. The van der Waals surface area contributed by atoms with Crippen LogP contribution in [0.1, 0.15) is 0 Å². The van der Waals surface area contributed by atoms with Crippen LogP contribution in [0.4, 0.5) is 17.1 Å². The first-order valence-electron chi connectivity index (χ1n) is 26.7. The lowest BCUT2D eigenvalue weighted by molar-refractivity contribution is 0.487. The molecule has 5 nitrogen and oxygen atoms in total. The van der Waals surface area contributed by atoms with Gasteiger partial charge in [-0.3, -0.25) is 0 Å². The Bertz CT molecular complexity index is 4860. The van der Waals surface area contributed by atoms with Gasteiger partial charge in [0.25, 0.3) is 6.71 Å². The molecule has 2 aliphatic heterocycles. The summed E-state index contributed by atoms with van der Waals surface area (Å²) in [5.74, 6) is 1.65. The fraction of sp³-hybridized carbons (Fsp3) is 0. The third-order valence-electron chi connectivity index (χ3n) is 16.4. The van der Waals surface area contributed by atoms with Gasteiger partial charge in [-0.25, -0.2) is 0 Å². The van der Waals surface area contributed by atoms with Gasteiger partial charge in [0.2, 0.25) is 0 Å². The van der Waals surface area contributed by atoms with Crippen LogP contribution in [0.15, 0.2) is 270 Å². The number of furan rings is 2. The molecule has 6 heteroatoms. The number of para-hydroxylation sites is 5. The fourth-order valence-electron chi connectivity index (χ4n) is 13.2. The molecule has 0 N–H and O–H groups in total. The van der Waals surface area contributed by atoms with Gasteiger partial charge in [0, 0.05) is 60.9 Å². The highest BCUT2D eigenvalue weighted by atomic mass is 16.5. The molecule has 0 atom stereocenters. The number of anilines is 3. The lowest BCUT2D eigenvalue weighted by atomic mass is 9.34. The van der Waals surface area contributed by atoms with E-state index in [1.807, 2.05) is 12.1 Å². The minimum atomic E-state index is -0.248. The smallest absolute Gasteiger partial charge is 0.256 e. The molecule has 0 spiro atoms. The fourth-order valence-corrected chi connectivity index (χ4v) is 13.2. The molecular formula is C72H43BN2O3. The van der Waals surface area contributed by atoms with E-state index in [2.05, 4.69) is 258 Å². The number of aromatic nitrogens is 1. The normalized spacial score (nSPS) is 12.7. The Balaban J connectivity index is 1.00. The predicted molar refractivity (Wildman–Crippen MR) is 323 cm³/mol. The first kappa shape index (κ1) is 43.0. The highest BCUT2D eigenvalue weighted by molar-refractivity contribution is 6.99. The van der Waals surface area contributed by atoms with Crippen molar-refractivity contribution in [2.24, 2.45) is 0 Å². The van der Waals surface area contributed by atoms with Crippen molar-refractivity contribution < 1.29 is 13.6 Å². The summed E-state index contributed by atoms with van der Waals surface area (Å²) in [6.45, 7) is -0.248. The second-order valence-corrected chi connectivity index (χ2v) is 20.6. The zero-order valence-electron chi connectivity index (χ0n) is 42.0. The molecule has 78 heavy (non-hydrogen) atoms. The molecule has 0 aliphatic carbocycles. The van der Waals surface area contributed by atoms with Gasteiger partial charge in [-0.05, 0) is 104 Å². The Morgan fingerprint density at radius 2 is 0.808 bits per heavy atom. The summed E-state index contributed by atoms with van der Waals surface area (Å²) >= 11 is 0. The summed E-state index contributed by atoms with van der Waals surface area (Å²) < 4.78 is 22.9. The average Bonchev–Trinajstić information content (AvgIpc) is 4.28. The van der Waals surface area contributed by atoms with Crippen molar-refractivity contribution in [3.05, 3.63) is 261 Å². The van der Waals surface area contributed by atoms with Gasteiger partial charge in [0.05, 0.1) is 22.4 Å². The maximum absolute atomic E-state index is 7.49. The summed E-state index contributed by atoms with van der Waals surface area (Å²) in [5, 5.41) is 6.80. The molecule has 15 aromatic rings. The van der Waals surface area contributed by atoms with E-state index in [0.29, 0.717) is 0 Å². The van der Waals surface area contributed by atoms with Crippen molar-refractivity contribution in [3.8, 4) is 61.7 Å². The van der Waals surface area contributed by atoms with E-state index in [9.17, 15) is 0 Å². The molecule has 0 unspecified atom stereocenters. The first-order chi connectivity index (χ1) is 38.7. The molecule has 0 saturated carbocycles. The molecule has 12 aromatic carbocycles. The van der Waals surface area contributed by atoms with E-state index in [1.165, 1.54) is 16.2 Å². The van der Waals surface area contributed by atoms with Crippen molar-refractivity contribution in [1.29, 1.82) is 0 Å². The molecule has 3 aromatic heterocycles. The Morgan fingerprint density at radius 3 is 1.41 bits per heavy atom. The number of nitrogens with zero attached hydrogens (tertiary/aromatic N) is 2. The van der Waals surface area contributed by atoms with Crippen LogP contribution >= 0.6 is 0 Å². The second kappa shape index (κ2) is 16.6. The molecule has 17 rings (SSSR count). The topological polar surface area (TPSA) is 43.7 Å². The van der Waals surface area contributed by atoms with Crippen LogP contribution < -0.4 is 26.0 Å². The molecule has 0 fully saturated rings. The highest BCUT2D eigenvalue weighted by Gasteiger charge is 2.44. The summed E-state index contributed by atoms with van der Waals surface area (Å²) in [7, 11) is 0. The van der Waals surface area contributed by atoms with Crippen molar-refractivity contribution in [3.63, 3.8) is 0 Å². The van der Waals surface area contributed by atoms with Gasteiger partial charge in [-0.2, -0.15) is 0 Å². The van der Waals surface area contributed by atoms with Crippen LogP contribution in [-0.2, 0) is 0 Å². The average molecular weight is 995 g/mol. The first-order valence-corrected chi connectivity index (χ1v) is 26.7. The molecular weight excluding hydrogens is 952 g/mol. The second-order valence-electron chi connectivity index (χ2n) is 20.6. The zero-order valence-corrected chi connectivity index (χ0v) is 42.0. The summed E-state index contributed by atoms with van der Waals surface area (Å²) in [5.41, 5.74) is 22.3. The van der Waals surface area contributed by atoms with Crippen molar-refractivity contribution in [2.45, 2.75) is 0 Å². The molecule has 0 bridgehead atoms. The largest absolute Gasteiger partial charge is 0.458 e. The number of benzene rings is 12. The zero-order chi connectivity index (χ0) is 51.0. The van der Waals surface area contributed by atoms with Crippen molar-refractivity contribution in [1.82, 2.24) is 4.57 Å². The summed E-state index contributed by atoms with van der Waals surface area (Å²) in [4.78, 5) is 2.56. The Kier molecular flexibility index (Phi) is 9.15. The van der Waals surface area contributed by atoms with E-state index >= 15 is 0 Å². The van der Waals surface area contributed by atoms with E-state index in [1.54, 1.807) is 0 Å². The Labute approximate surface area is 449 Å². The van der Waals surface area contributed by atoms with E-state index in [0.717, 1.165) is 145 Å². The van der Waals surface area contributed by atoms with E-state index < -0.39 is 0 Å². The maximum Gasteiger partial charge on any atom is 0.256 e. The van der Waals surface area contributed by atoms with Gasteiger partial charge in [0.15, 0.2) is 0 Å². The highest BCUT2D eigenvalue weighted by Crippen LogP contribution is 2.51. The third-order valence-corrected chi connectivity index (χ3v) is 16.4. The van der Waals surface area contributed by atoms with Crippen LogP contribution in [0.3, 0.4) is 0 Å². The van der Waals surface area contributed by atoms with Crippen molar-refractivity contribution >= 4 is 106 Å². The van der Waals surface area contributed by atoms with Gasteiger partial charge < -0.3 is 23.0 Å². The molecule has 0 amide bonds. The van der Waals surface area contributed by atoms with E-state index in [-0.39, 0.29) is 6.71 Å². The molecule has 0 radical (unpaired) electrons. The van der Waals surface area contributed by atoms with Crippen LogP contribution in [0, 0.1) is 0 Å². The van der Waals surface area contributed by atoms with Gasteiger partial charge in [0.1, 0.15) is 33.8 Å². The maximum atomic E-state index is 7.49. The molecule has 0 saturated heterocycles. The Morgan fingerprint density at radius 1 is 0.321 bits per heavy atom.